The highest BCUT2D eigenvalue weighted by Gasteiger charge is 2.46. The maximum atomic E-state index is 13.4. The lowest BCUT2D eigenvalue weighted by Gasteiger charge is -2.37. The normalized spacial score (nSPS) is 27.2. The third kappa shape index (κ3) is 3.60. The molecule has 4 nitrogen and oxygen atoms in total. The number of esters is 1. The number of rotatable bonds is 4. The van der Waals surface area contributed by atoms with Gasteiger partial charge in [0.15, 0.2) is 0 Å². The molecule has 3 heterocycles. The fraction of sp³-hybridized carbons (Fsp3) is 0.458. The lowest BCUT2D eigenvalue weighted by molar-refractivity contribution is -0.144. The Hall–Kier alpha value is -2.05. The van der Waals surface area contributed by atoms with Crippen LogP contribution in [-0.2, 0) is 14.3 Å². The van der Waals surface area contributed by atoms with E-state index in [2.05, 4.69) is 11.4 Å². The van der Waals surface area contributed by atoms with Crippen molar-refractivity contribution in [3.8, 4) is 0 Å². The van der Waals surface area contributed by atoms with Crippen molar-refractivity contribution in [3.63, 3.8) is 0 Å². The standard InChI is InChI=1S/C24H25NO3S2/c1-14-21(24(27)28-16-6-2-3-7-16)23(20-9-5-11-30-20)22-17(25-14)12-15(13-18(22)26)19-8-4-10-29-19/h4-5,8-11,15-16,22-23H,2-3,6-7,12-13H2,1H3/t15-,22-,23-/m1/s1. The molecule has 2 aromatic heterocycles. The van der Waals surface area contributed by atoms with Gasteiger partial charge in [-0.3, -0.25) is 9.79 Å². The topological polar surface area (TPSA) is 55.7 Å². The number of hydrogen-bond acceptors (Lipinski definition) is 6. The average Bonchev–Trinajstić information content (AvgIpc) is 3.49. The Kier molecular flexibility index (Phi) is 5.46. The molecule has 0 bridgehead atoms. The number of nitrogens with zero attached hydrogens (tertiary/aromatic N) is 1. The summed E-state index contributed by atoms with van der Waals surface area (Å²) in [5.74, 6) is -0.529. The summed E-state index contributed by atoms with van der Waals surface area (Å²) in [7, 11) is 0. The Labute approximate surface area is 184 Å². The molecule has 3 aliphatic rings. The lowest BCUT2D eigenvalue weighted by Crippen LogP contribution is -2.41. The van der Waals surface area contributed by atoms with E-state index in [1.54, 1.807) is 22.7 Å². The van der Waals surface area contributed by atoms with Gasteiger partial charge in [0.2, 0.25) is 0 Å². The number of Topliss-reactive ketones (excluding diaryl/α,β-unsaturated/α-hetero) is 1. The lowest BCUT2D eigenvalue weighted by atomic mass is 9.68. The number of thiophene rings is 2. The summed E-state index contributed by atoms with van der Waals surface area (Å²) >= 11 is 3.31. The van der Waals surface area contributed by atoms with Gasteiger partial charge >= 0.3 is 5.97 Å². The van der Waals surface area contributed by atoms with Crippen LogP contribution in [0.2, 0.25) is 0 Å². The van der Waals surface area contributed by atoms with Gasteiger partial charge in [0.25, 0.3) is 0 Å². The van der Waals surface area contributed by atoms with E-state index in [9.17, 15) is 9.59 Å². The van der Waals surface area contributed by atoms with Crippen LogP contribution in [0, 0.1) is 5.92 Å². The van der Waals surface area contributed by atoms with Crippen molar-refractivity contribution < 1.29 is 14.3 Å². The van der Waals surface area contributed by atoms with Crippen LogP contribution in [0.3, 0.4) is 0 Å². The van der Waals surface area contributed by atoms with Crippen LogP contribution < -0.4 is 0 Å². The van der Waals surface area contributed by atoms with Gasteiger partial charge in [-0.2, -0.15) is 0 Å². The monoisotopic (exact) mass is 439 g/mol. The Balaban J connectivity index is 1.52. The maximum Gasteiger partial charge on any atom is 0.336 e. The van der Waals surface area contributed by atoms with Crippen LogP contribution in [0.25, 0.3) is 0 Å². The van der Waals surface area contributed by atoms with Gasteiger partial charge in [-0.15, -0.1) is 22.7 Å². The molecule has 0 amide bonds. The molecule has 2 aliphatic carbocycles. The van der Waals surface area contributed by atoms with Gasteiger partial charge in [0.1, 0.15) is 11.9 Å². The molecule has 0 saturated heterocycles. The summed E-state index contributed by atoms with van der Waals surface area (Å²) in [5.41, 5.74) is 2.22. The molecule has 0 aromatic carbocycles. The highest BCUT2D eigenvalue weighted by molar-refractivity contribution is 7.10. The highest BCUT2D eigenvalue weighted by atomic mass is 32.1. The molecular weight excluding hydrogens is 414 g/mol. The van der Waals surface area contributed by atoms with Crippen LogP contribution in [-0.4, -0.2) is 23.6 Å². The predicted molar refractivity (Wildman–Crippen MR) is 120 cm³/mol. The first-order valence-electron chi connectivity index (χ1n) is 10.7. The van der Waals surface area contributed by atoms with Crippen molar-refractivity contribution in [2.75, 3.05) is 0 Å². The van der Waals surface area contributed by atoms with Crippen molar-refractivity contribution in [2.45, 2.75) is 63.4 Å². The second-order valence-electron chi connectivity index (χ2n) is 8.47. The zero-order valence-electron chi connectivity index (χ0n) is 17.0. The molecule has 0 spiro atoms. The number of fused-ring (bicyclic) bond motifs is 1. The number of carbonyl (C=O) groups excluding carboxylic acids is 2. The molecule has 0 unspecified atom stereocenters. The largest absolute Gasteiger partial charge is 0.459 e. The first kappa shape index (κ1) is 19.9. The number of ketones is 1. The van der Waals surface area contributed by atoms with Crippen molar-refractivity contribution in [3.05, 3.63) is 56.1 Å². The van der Waals surface area contributed by atoms with Crippen LogP contribution in [0.4, 0.5) is 0 Å². The van der Waals surface area contributed by atoms with E-state index >= 15 is 0 Å². The second kappa shape index (κ2) is 8.23. The Morgan fingerprint density at radius 1 is 1.03 bits per heavy atom. The second-order valence-corrected chi connectivity index (χ2v) is 10.4. The van der Waals surface area contributed by atoms with Gasteiger partial charge in [-0.1, -0.05) is 12.1 Å². The van der Waals surface area contributed by atoms with Crippen LogP contribution in [0.5, 0.6) is 0 Å². The fourth-order valence-electron chi connectivity index (χ4n) is 5.16. The number of aliphatic imine (C=N–C) groups is 1. The van der Waals surface area contributed by atoms with E-state index in [-0.39, 0.29) is 35.6 Å². The Morgan fingerprint density at radius 2 is 1.73 bits per heavy atom. The molecular formula is C24H25NO3S2. The minimum Gasteiger partial charge on any atom is -0.459 e. The highest BCUT2D eigenvalue weighted by Crippen LogP contribution is 2.47. The van der Waals surface area contributed by atoms with E-state index < -0.39 is 0 Å². The van der Waals surface area contributed by atoms with Gasteiger partial charge in [0, 0.05) is 39.4 Å². The molecule has 6 heteroatoms. The zero-order valence-corrected chi connectivity index (χ0v) is 18.6. The molecule has 2 aromatic rings. The zero-order chi connectivity index (χ0) is 20.7. The summed E-state index contributed by atoms with van der Waals surface area (Å²) in [4.78, 5) is 33.8. The van der Waals surface area contributed by atoms with E-state index in [4.69, 9.17) is 9.73 Å². The molecule has 0 N–H and O–H groups in total. The van der Waals surface area contributed by atoms with Gasteiger partial charge < -0.3 is 4.74 Å². The van der Waals surface area contributed by atoms with E-state index in [0.29, 0.717) is 17.7 Å². The fourth-order valence-corrected chi connectivity index (χ4v) is 6.87. The summed E-state index contributed by atoms with van der Waals surface area (Å²) in [6, 6.07) is 8.17. The molecule has 30 heavy (non-hydrogen) atoms. The van der Waals surface area contributed by atoms with Gasteiger partial charge in [-0.25, -0.2) is 4.79 Å². The average molecular weight is 440 g/mol. The minimum absolute atomic E-state index is 0.00238. The Morgan fingerprint density at radius 3 is 2.40 bits per heavy atom. The van der Waals surface area contributed by atoms with Crippen LogP contribution >= 0.6 is 22.7 Å². The van der Waals surface area contributed by atoms with Crippen molar-refractivity contribution in [1.29, 1.82) is 0 Å². The van der Waals surface area contributed by atoms with Gasteiger partial charge in [0.05, 0.1) is 11.5 Å². The summed E-state index contributed by atoms with van der Waals surface area (Å²) in [5, 5.41) is 4.07. The summed E-state index contributed by atoms with van der Waals surface area (Å²) in [6.45, 7) is 1.90. The SMILES string of the molecule is CC1=C(C(=O)OC2CCCC2)[C@@H](c2cccs2)[C@H]2C(=O)C[C@H](c3cccs3)CC2=N1. The maximum absolute atomic E-state index is 13.4. The first-order valence-corrected chi connectivity index (χ1v) is 12.5. The van der Waals surface area contributed by atoms with Gasteiger partial charge in [-0.05, 0) is 61.9 Å². The molecule has 1 aliphatic heterocycles. The third-order valence-electron chi connectivity index (χ3n) is 6.55. The van der Waals surface area contributed by atoms with Crippen molar-refractivity contribution in [1.82, 2.24) is 0 Å². The molecule has 2 saturated carbocycles. The predicted octanol–water partition coefficient (Wildman–Crippen LogP) is 5.87. The number of carbonyl (C=O) groups is 2. The van der Waals surface area contributed by atoms with E-state index in [0.717, 1.165) is 42.7 Å². The van der Waals surface area contributed by atoms with Crippen LogP contribution in [0.1, 0.15) is 67.0 Å². The molecule has 3 atom stereocenters. The number of hydrogen-bond donors (Lipinski definition) is 0. The minimum atomic E-state index is -0.352. The molecule has 5 rings (SSSR count). The summed E-state index contributed by atoms with van der Waals surface area (Å²) < 4.78 is 5.87. The van der Waals surface area contributed by atoms with Crippen LogP contribution in [0.15, 0.2) is 51.3 Å². The molecule has 0 radical (unpaired) electrons. The number of ether oxygens (including phenoxy) is 1. The number of allylic oxidation sites excluding steroid dienone is 1. The first-order chi connectivity index (χ1) is 14.6. The van der Waals surface area contributed by atoms with Crippen molar-refractivity contribution in [2.24, 2.45) is 10.9 Å². The smallest absolute Gasteiger partial charge is 0.336 e. The van der Waals surface area contributed by atoms with E-state index in [1.165, 1.54) is 4.88 Å². The Bertz CT molecular complexity index is 997. The third-order valence-corrected chi connectivity index (χ3v) is 8.54. The summed E-state index contributed by atoms with van der Waals surface area (Å²) in [6.07, 6.45) is 5.37. The van der Waals surface area contributed by atoms with E-state index in [1.807, 2.05) is 30.5 Å². The molecule has 2 fully saturated rings. The quantitative estimate of drug-likeness (QED) is 0.560. The van der Waals surface area contributed by atoms with Crippen molar-refractivity contribution >= 4 is 40.1 Å². The molecule has 156 valence electrons.